The Morgan fingerprint density at radius 1 is 1.50 bits per heavy atom. The number of nitrogens with zero attached hydrogens (tertiary/aromatic N) is 1. The van der Waals surface area contributed by atoms with Crippen LogP contribution in [0.1, 0.15) is 13.8 Å². The van der Waals surface area contributed by atoms with Crippen molar-refractivity contribution in [3.63, 3.8) is 0 Å². The molecule has 2 N–H and O–H groups in total. The van der Waals surface area contributed by atoms with E-state index in [1.54, 1.807) is 18.5 Å². The molecule has 0 radical (unpaired) electrons. The Bertz CT molecular complexity index is 248. The molecule has 0 spiro atoms. The van der Waals surface area contributed by atoms with Crippen molar-refractivity contribution in [3.8, 4) is 5.75 Å². The Balaban J connectivity index is 2.52. The molecule has 3 nitrogen and oxygen atoms in total. The summed E-state index contributed by atoms with van der Waals surface area (Å²) >= 11 is 0. The molecule has 0 amide bonds. The predicted octanol–water partition coefficient (Wildman–Crippen LogP) is 1.70. The first-order valence-corrected chi connectivity index (χ1v) is 4.02. The van der Waals surface area contributed by atoms with Crippen LogP contribution in [0.4, 0.5) is 5.69 Å². The van der Waals surface area contributed by atoms with Crippen molar-refractivity contribution >= 4 is 5.69 Å². The van der Waals surface area contributed by atoms with Crippen LogP contribution in [0.3, 0.4) is 0 Å². The molecule has 1 rings (SSSR count). The fraction of sp³-hybridized carbons (Fsp3) is 0.444. The zero-order valence-corrected chi connectivity index (χ0v) is 7.45. The van der Waals surface area contributed by atoms with E-state index >= 15 is 0 Å². The molecule has 0 unspecified atom stereocenters. The lowest BCUT2D eigenvalue weighted by Crippen LogP contribution is -2.04. The number of hydrogen-bond donors (Lipinski definition) is 1. The van der Waals surface area contributed by atoms with E-state index in [1.165, 1.54) is 0 Å². The number of rotatable bonds is 3. The summed E-state index contributed by atoms with van der Waals surface area (Å²) < 4.78 is 5.41. The third kappa shape index (κ3) is 2.78. The zero-order valence-electron chi connectivity index (χ0n) is 7.45. The molecule has 1 aromatic rings. The lowest BCUT2D eigenvalue weighted by molar-refractivity contribution is 0.270. The van der Waals surface area contributed by atoms with Crippen molar-refractivity contribution in [2.24, 2.45) is 5.92 Å². The molecule has 0 saturated carbocycles. The molecule has 0 aliphatic rings. The van der Waals surface area contributed by atoms with Crippen LogP contribution in [0, 0.1) is 5.92 Å². The van der Waals surface area contributed by atoms with Gasteiger partial charge in [-0.25, -0.2) is 0 Å². The summed E-state index contributed by atoms with van der Waals surface area (Å²) in [6.07, 6.45) is 3.26. The molecule has 0 saturated heterocycles. The van der Waals surface area contributed by atoms with Gasteiger partial charge >= 0.3 is 0 Å². The van der Waals surface area contributed by atoms with Crippen molar-refractivity contribution in [2.75, 3.05) is 12.3 Å². The van der Waals surface area contributed by atoms with Crippen molar-refractivity contribution in [1.29, 1.82) is 0 Å². The van der Waals surface area contributed by atoms with E-state index in [1.807, 2.05) is 0 Å². The predicted molar refractivity (Wildman–Crippen MR) is 49.0 cm³/mol. The van der Waals surface area contributed by atoms with E-state index < -0.39 is 0 Å². The van der Waals surface area contributed by atoms with Crippen LogP contribution >= 0.6 is 0 Å². The largest absolute Gasteiger partial charge is 0.492 e. The fourth-order valence-electron chi connectivity index (χ4n) is 0.777. The van der Waals surface area contributed by atoms with Crippen molar-refractivity contribution in [1.82, 2.24) is 4.98 Å². The van der Waals surface area contributed by atoms with E-state index in [-0.39, 0.29) is 0 Å². The molecule has 66 valence electrons. The number of nitrogen functional groups attached to an aromatic ring is 1. The van der Waals surface area contributed by atoms with E-state index in [4.69, 9.17) is 10.5 Å². The van der Waals surface area contributed by atoms with Gasteiger partial charge in [0, 0.05) is 6.07 Å². The third-order valence-electron chi connectivity index (χ3n) is 1.32. The Morgan fingerprint density at radius 2 is 2.25 bits per heavy atom. The van der Waals surface area contributed by atoms with E-state index in [0.717, 1.165) is 5.75 Å². The molecule has 0 aliphatic heterocycles. The summed E-state index contributed by atoms with van der Waals surface area (Å²) in [5.74, 6) is 1.26. The maximum atomic E-state index is 5.52. The summed E-state index contributed by atoms with van der Waals surface area (Å²) in [5.41, 5.74) is 6.16. The topological polar surface area (TPSA) is 48.1 Å². The highest BCUT2D eigenvalue weighted by Gasteiger charge is 1.97. The van der Waals surface area contributed by atoms with Crippen molar-refractivity contribution < 1.29 is 4.74 Å². The second-order valence-electron chi connectivity index (χ2n) is 3.16. The van der Waals surface area contributed by atoms with Crippen LogP contribution in [0.2, 0.25) is 0 Å². The second-order valence-corrected chi connectivity index (χ2v) is 3.16. The van der Waals surface area contributed by atoms with Gasteiger partial charge in [-0.2, -0.15) is 0 Å². The number of anilines is 1. The highest BCUT2D eigenvalue weighted by atomic mass is 16.5. The van der Waals surface area contributed by atoms with Gasteiger partial charge in [0.05, 0.1) is 24.7 Å². The first-order chi connectivity index (χ1) is 5.68. The Hall–Kier alpha value is -1.25. The van der Waals surface area contributed by atoms with Gasteiger partial charge in [-0.15, -0.1) is 0 Å². The average molecular weight is 166 g/mol. The Morgan fingerprint density at radius 3 is 2.83 bits per heavy atom. The van der Waals surface area contributed by atoms with E-state index in [2.05, 4.69) is 18.8 Å². The SMILES string of the molecule is CC(C)COc1cncc(N)c1. The number of pyridine rings is 1. The summed E-state index contributed by atoms with van der Waals surface area (Å²) in [6.45, 7) is 4.89. The Kier molecular flexibility index (Phi) is 2.91. The first kappa shape index (κ1) is 8.84. The minimum atomic E-state index is 0.520. The minimum absolute atomic E-state index is 0.520. The van der Waals surface area contributed by atoms with E-state index in [9.17, 15) is 0 Å². The third-order valence-corrected chi connectivity index (χ3v) is 1.32. The van der Waals surface area contributed by atoms with Gasteiger partial charge in [-0.05, 0) is 5.92 Å². The molecule has 0 atom stereocenters. The molecule has 1 aromatic heterocycles. The number of ether oxygens (including phenoxy) is 1. The molecule has 0 bridgehead atoms. The van der Waals surface area contributed by atoms with Gasteiger partial charge in [0.25, 0.3) is 0 Å². The normalized spacial score (nSPS) is 10.2. The summed E-state index contributed by atoms with van der Waals surface area (Å²) in [7, 11) is 0. The molecule has 1 heterocycles. The van der Waals surface area contributed by atoms with E-state index in [0.29, 0.717) is 18.2 Å². The summed E-state index contributed by atoms with van der Waals surface area (Å²) in [5, 5.41) is 0. The zero-order chi connectivity index (χ0) is 8.97. The summed E-state index contributed by atoms with van der Waals surface area (Å²) in [6, 6.07) is 1.77. The second kappa shape index (κ2) is 3.95. The number of aromatic nitrogens is 1. The van der Waals surface area contributed by atoms with Gasteiger partial charge in [-0.3, -0.25) is 4.98 Å². The molecule has 0 aromatic carbocycles. The maximum Gasteiger partial charge on any atom is 0.139 e. The van der Waals surface area contributed by atoms with Crippen LogP contribution in [0.25, 0.3) is 0 Å². The van der Waals surface area contributed by atoms with Gasteiger partial charge in [0.1, 0.15) is 5.75 Å². The molecule has 0 fully saturated rings. The molecule has 3 heteroatoms. The van der Waals surface area contributed by atoms with Crippen molar-refractivity contribution in [3.05, 3.63) is 18.5 Å². The van der Waals surface area contributed by atoms with Gasteiger partial charge in [0.15, 0.2) is 0 Å². The van der Waals surface area contributed by atoms with Crippen LogP contribution in [0.15, 0.2) is 18.5 Å². The van der Waals surface area contributed by atoms with Crippen LogP contribution in [0.5, 0.6) is 5.75 Å². The van der Waals surface area contributed by atoms with Gasteiger partial charge < -0.3 is 10.5 Å². The van der Waals surface area contributed by atoms with Crippen LogP contribution in [-0.2, 0) is 0 Å². The fourth-order valence-corrected chi connectivity index (χ4v) is 0.777. The lowest BCUT2D eigenvalue weighted by atomic mass is 10.2. The highest BCUT2D eigenvalue weighted by molar-refractivity contribution is 5.39. The molecular weight excluding hydrogens is 152 g/mol. The first-order valence-electron chi connectivity index (χ1n) is 4.02. The molecular formula is C9H14N2O. The maximum absolute atomic E-state index is 5.52. The highest BCUT2D eigenvalue weighted by Crippen LogP contribution is 2.12. The Labute approximate surface area is 72.6 Å². The van der Waals surface area contributed by atoms with Crippen molar-refractivity contribution in [2.45, 2.75) is 13.8 Å². The van der Waals surface area contributed by atoms with Gasteiger partial charge in [0.2, 0.25) is 0 Å². The smallest absolute Gasteiger partial charge is 0.139 e. The quantitative estimate of drug-likeness (QED) is 0.743. The summed E-state index contributed by atoms with van der Waals surface area (Å²) in [4.78, 5) is 3.91. The number of nitrogens with two attached hydrogens (primary N) is 1. The number of hydrogen-bond acceptors (Lipinski definition) is 3. The van der Waals surface area contributed by atoms with Crippen LogP contribution < -0.4 is 10.5 Å². The van der Waals surface area contributed by atoms with Gasteiger partial charge in [-0.1, -0.05) is 13.8 Å². The molecule has 12 heavy (non-hydrogen) atoms. The lowest BCUT2D eigenvalue weighted by Gasteiger charge is -2.07. The monoisotopic (exact) mass is 166 g/mol. The standard InChI is InChI=1S/C9H14N2O/c1-7(2)6-12-9-3-8(10)4-11-5-9/h3-5,7H,6,10H2,1-2H3. The average Bonchev–Trinajstić information content (AvgIpc) is 2.01. The minimum Gasteiger partial charge on any atom is -0.492 e. The molecule has 0 aliphatic carbocycles. The van der Waals surface area contributed by atoms with Crippen LogP contribution in [-0.4, -0.2) is 11.6 Å².